The van der Waals surface area contributed by atoms with Gasteiger partial charge in [-0.3, -0.25) is 4.79 Å². The van der Waals surface area contributed by atoms with Gasteiger partial charge in [0.05, 0.1) is 24.4 Å². The van der Waals surface area contributed by atoms with Crippen LogP contribution in [0.1, 0.15) is 25.0 Å². The molecule has 0 unspecified atom stereocenters. The number of likely N-dealkylation sites (N-methyl/N-ethyl adjacent to an activating group) is 1. The van der Waals surface area contributed by atoms with Crippen LogP contribution in [0.2, 0.25) is 10.2 Å². The molecule has 0 atom stereocenters. The van der Waals surface area contributed by atoms with E-state index in [0.29, 0.717) is 11.3 Å². The Morgan fingerprint density at radius 2 is 1.75 bits per heavy atom. The zero-order valence-electron chi connectivity index (χ0n) is 18.3. The van der Waals surface area contributed by atoms with Crippen LogP contribution in [0.4, 0.5) is 14.5 Å². The first-order valence-corrected chi connectivity index (χ1v) is 10.5. The first-order chi connectivity index (χ1) is 15.0. The molecular weight excluding hydrogens is 457 g/mol. The smallest absolute Gasteiger partial charge is 0.236 e. The summed E-state index contributed by atoms with van der Waals surface area (Å²) >= 11 is 12.0. The summed E-state index contributed by atoms with van der Waals surface area (Å²) in [5.74, 6) is -2.73. The molecule has 0 saturated heterocycles. The Labute approximate surface area is 195 Å². The van der Waals surface area contributed by atoms with Crippen LogP contribution in [-0.2, 0) is 10.2 Å². The number of hydrogen-bond donors (Lipinski definition) is 0. The SMILES string of the molecule is COc1cc(C(C)(C)C(=O)N(C)c2cnc(Cl)cc2-c2ccccc2C)c(F)c(Cl)c1F. The van der Waals surface area contributed by atoms with E-state index in [4.69, 9.17) is 27.9 Å². The minimum Gasteiger partial charge on any atom is -0.494 e. The van der Waals surface area contributed by atoms with Crippen molar-refractivity contribution in [1.29, 1.82) is 0 Å². The second kappa shape index (κ2) is 9.04. The molecule has 32 heavy (non-hydrogen) atoms. The van der Waals surface area contributed by atoms with Gasteiger partial charge >= 0.3 is 0 Å². The van der Waals surface area contributed by atoms with E-state index < -0.39 is 28.0 Å². The minimum atomic E-state index is -1.41. The summed E-state index contributed by atoms with van der Waals surface area (Å²) < 4.78 is 34.1. The number of aryl methyl sites for hydroxylation is 1. The average Bonchev–Trinajstić information content (AvgIpc) is 2.76. The maximum absolute atomic E-state index is 14.9. The third-order valence-electron chi connectivity index (χ3n) is 5.49. The van der Waals surface area contributed by atoms with E-state index in [0.717, 1.165) is 17.2 Å². The Hall–Kier alpha value is -2.70. The summed E-state index contributed by atoms with van der Waals surface area (Å²) in [5, 5.41) is -0.454. The molecule has 8 heteroatoms. The van der Waals surface area contributed by atoms with E-state index in [1.165, 1.54) is 32.1 Å². The molecule has 1 aromatic heterocycles. The maximum atomic E-state index is 14.9. The summed E-state index contributed by atoms with van der Waals surface area (Å²) in [6, 6.07) is 10.5. The lowest BCUT2D eigenvalue weighted by atomic mass is 9.82. The lowest BCUT2D eigenvalue weighted by Gasteiger charge is -2.31. The quantitative estimate of drug-likeness (QED) is 0.306. The molecule has 0 aliphatic carbocycles. The van der Waals surface area contributed by atoms with Crippen molar-refractivity contribution in [3.63, 3.8) is 0 Å². The number of amides is 1. The lowest BCUT2D eigenvalue weighted by Crippen LogP contribution is -2.42. The van der Waals surface area contributed by atoms with Crippen molar-refractivity contribution >= 4 is 34.8 Å². The van der Waals surface area contributed by atoms with Gasteiger partial charge < -0.3 is 9.64 Å². The van der Waals surface area contributed by atoms with Crippen molar-refractivity contribution in [2.75, 3.05) is 19.1 Å². The fourth-order valence-electron chi connectivity index (χ4n) is 3.61. The molecular formula is C24H22Cl2F2N2O2. The van der Waals surface area contributed by atoms with Gasteiger partial charge in [-0.05, 0) is 44.0 Å². The third kappa shape index (κ3) is 4.17. The fraction of sp³-hybridized carbons (Fsp3) is 0.250. The highest BCUT2D eigenvalue weighted by Gasteiger charge is 2.38. The molecule has 3 aromatic rings. The molecule has 0 spiro atoms. The molecule has 0 aliphatic rings. The van der Waals surface area contributed by atoms with Gasteiger partial charge in [-0.25, -0.2) is 13.8 Å². The summed E-state index contributed by atoms with van der Waals surface area (Å²) in [5.41, 5.74) is 1.55. The standard InChI is InChI=1S/C24H22Cl2F2N2O2/c1-13-8-6-7-9-14(13)15-10-19(25)29-12-17(15)30(4)23(31)24(2,3)16-11-18(32-5)22(28)20(26)21(16)27/h6-12H,1-5H3. The molecule has 0 bridgehead atoms. The van der Waals surface area contributed by atoms with Crippen LogP contribution < -0.4 is 9.64 Å². The Morgan fingerprint density at radius 3 is 2.38 bits per heavy atom. The number of benzene rings is 2. The lowest BCUT2D eigenvalue weighted by molar-refractivity contribution is -0.122. The number of anilines is 1. The van der Waals surface area contributed by atoms with E-state index >= 15 is 0 Å². The minimum absolute atomic E-state index is 0.0861. The van der Waals surface area contributed by atoms with Gasteiger partial charge in [0, 0.05) is 18.2 Å². The summed E-state index contributed by atoms with van der Waals surface area (Å²) in [6.07, 6.45) is 1.49. The number of nitrogens with zero attached hydrogens (tertiary/aromatic N) is 2. The number of aromatic nitrogens is 1. The van der Waals surface area contributed by atoms with Crippen molar-refractivity contribution in [3.8, 4) is 16.9 Å². The van der Waals surface area contributed by atoms with Crippen LogP contribution in [0.5, 0.6) is 5.75 Å². The molecule has 0 radical (unpaired) electrons. The number of ether oxygens (including phenoxy) is 1. The van der Waals surface area contributed by atoms with E-state index in [1.807, 2.05) is 31.2 Å². The first-order valence-electron chi connectivity index (χ1n) is 9.72. The van der Waals surface area contributed by atoms with Crippen molar-refractivity contribution in [1.82, 2.24) is 4.98 Å². The van der Waals surface area contributed by atoms with E-state index in [9.17, 15) is 13.6 Å². The van der Waals surface area contributed by atoms with Crippen LogP contribution in [0, 0.1) is 18.6 Å². The van der Waals surface area contributed by atoms with Gasteiger partial charge in [-0.1, -0.05) is 47.5 Å². The van der Waals surface area contributed by atoms with Gasteiger partial charge in [-0.15, -0.1) is 0 Å². The second-order valence-electron chi connectivity index (χ2n) is 7.90. The molecule has 0 N–H and O–H groups in total. The highest BCUT2D eigenvalue weighted by Crippen LogP contribution is 2.39. The molecule has 4 nitrogen and oxygen atoms in total. The van der Waals surface area contributed by atoms with Crippen LogP contribution in [0.25, 0.3) is 11.1 Å². The molecule has 0 fully saturated rings. The summed E-state index contributed by atoms with van der Waals surface area (Å²) in [6.45, 7) is 5.02. The van der Waals surface area contributed by atoms with Gasteiger partial charge in [0.1, 0.15) is 16.0 Å². The topological polar surface area (TPSA) is 42.4 Å². The predicted molar refractivity (Wildman–Crippen MR) is 124 cm³/mol. The fourth-order valence-corrected chi connectivity index (χ4v) is 3.96. The Balaban J connectivity index is 2.12. The number of hydrogen-bond acceptors (Lipinski definition) is 3. The molecule has 0 saturated carbocycles. The van der Waals surface area contributed by atoms with Crippen LogP contribution in [0.3, 0.4) is 0 Å². The van der Waals surface area contributed by atoms with Gasteiger partial charge in [0.2, 0.25) is 5.91 Å². The van der Waals surface area contributed by atoms with Gasteiger partial charge in [0.25, 0.3) is 0 Å². The number of carbonyl (C=O) groups excluding carboxylic acids is 1. The van der Waals surface area contributed by atoms with Crippen molar-refractivity contribution in [2.24, 2.45) is 0 Å². The van der Waals surface area contributed by atoms with Crippen molar-refractivity contribution in [2.45, 2.75) is 26.2 Å². The predicted octanol–water partition coefficient (Wildman–Crippen LogP) is 6.59. The maximum Gasteiger partial charge on any atom is 0.236 e. The average molecular weight is 479 g/mol. The number of pyridine rings is 1. The number of rotatable bonds is 5. The van der Waals surface area contributed by atoms with E-state index in [1.54, 1.807) is 13.1 Å². The molecule has 3 rings (SSSR count). The van der Waals surface area contributed by atoms with Crippen molar-refractivity contribution in [3.05, 3.63) is 75.5 Å². The van der Waals surface area contributed by atoms with E-state index in [2.05, 4.69) is 4.98 Å². The molecule has 0 aliphatic heterocycles. The Morgan fingerprint density at radius 1 is 1.09 bits per heavy atom. The third-order valence-corrected chi connectivity index (χ3v) is 6.03. The largest absolute Gasteiger partial charge is 0.494 e. The van der Waals surface area contributed by atoms with Crippen LogP contribution in [0.15, 0.2) is 42.6 Å². The highest BCUT2D eigenvalue weighted by atomic mass is 35.5. The van der Waals surface area contributed by atoms with Crippen LogP contribution in [-0.4, -0.2) is 25.0 Å². The Bertz CT molecular complexity index is 1200. The molecule has 1 amide bonds. The van der Waals surface area contributed by atoms with Crippen molar-refractivity contribution < 1.29 is 18.3 Å². The monoisotopic (exact) mass is 478 g/mol. The molecule has 1 heterocycles. The molecule has 168 valence electrons. The van der Waals surface area contributed by atoms with E-state index in [-0.39, 0.29) is 16.5 Å². The molecule has 2 aromatic carbocycles. The van der Waals surface area contributed by atoms with Crippen LogP contribution >= 0.6 is 23.2 Å². The second-order valence-corrected chi connectivity index (χ2v) is 8.66. The zero-order chi connectivity index (χ0) is 23.8. The first kappa shape index (κ1) is 24.0. The van der Waals surface area contributed by atoms with Gasteiger partial charge in [-0.2, -0.15) is 0 Å². The highest BCUT2D eigenvalue weighted by molar-refractivity contribution is 6.31. The normalized spacial score (nSPS) is 11.4. The summed E-state index contributed by atoms with van der Waals surface area (Å²) in [4.78, 5) is 19.1. The zero-order valence-corrected chi connectivity index (χ0v) is 19.8. The van der Waals surface area contributed by atoms with Gasteiger partial charge in [0.15, 0.2) is 11.6 Å². The number of methoxy groups -OCH3 is 1. The Kier molecular flexibility index (Phi) is 6.77. The number of carbonyl (C=O) groups is 1. The number of halogens is 4. The summed E-state index contributed by atoms with van der Waals surface area (Å²) in [7, 11) is 2.81.